The lowest BCUT2D eigenvalue weighted by atomic mass is 10.0. The van der Waals surface area contributed by atoms with Crippen molar-refractivity contribution in [2.75, 3.05) is 13.7 Å². The number of hydrogen-bond acceptors (Lipinski definition) is 3. The number of hydrogen-bond donors (Lipinski definition) is 2. The number of urea groups is 1. The van der Waals surface area contributed by atoms with Gasteiger partial charge in [-0.3, -0.25) is 0 Å². The predicted molar refractivity (Wildman–Crippen MR) is 94.5 cm³/mol. The summed E-state index contributed by atoms with van der Waals surface area (Å²) in [7, 11) is 1.81. The van der Waals surface area contributed by atoms with Crippen LogP contribution in [0.15, 0.2) is 47.8 Å². The molecule has 2 amide bonds. The van der Waals surface area contributed by atoms with Crippen molar-refractivity contribution < 1.29 is 9.90 Å². The molecule has 2 atom stereocenters. The molecule has 1 heterocycles. The second-order valence-electron chi connectivity index (χ2n) is 5.58. The molecule has 0 spiro atoms. The van der Waals surface area contributed by atoms with Crippen LogP contribution in [0, 0.1) is 0 Å². The van der Waals surface area contributed by atoms with Gasteiger partial charge in [-0.25, -0.2) is 4.79 Å². The van der Waals surface area contributed by atoms with Gasteiger partial charge in [-0.15, -0.1) is 11.3 Å². The minimum Gasteiger partial charge on any atom is -0.396 e. The van der Waals surface area contributed by atoms with Gasteiger partial charge in [0.15, 0.2) is 0 Å². The lowest BCUT2D eigenvalue weighted by molar-refractivity contribution is 0.189. The maximum absolute atomic E-state index is 12.6. The fourth-order valence-electron chi connectivity index (χ4n) is 2.45. The van der Waals surface area contributed by atoms with E-state index in [4.69, 9.17) is 5.11 Å². The van der Waals surface area contributed by atoms with Gasteiger partial charge in [0.25, 0.3) is 0 Å². The topological polar surface area (TPSA) is 52.6 Å². The van der Waals surface area contributed by atoms with Gasteiger partial charge in [0.2, 0.25) is 0 Å². The summed E-state index contributed by atoms with van der Waals surface area (Å²) in [4.78, 5) is 15.5. The number of carbonyl (C=O) groups is 1. The van der Waals surface area contributed by atoms with Crippen LogP contribution < -0.4 is 5.32 Å². The summed E-state index contributed by atoms with van der Waals surface area (Å²) in [5.74, 6) is 0. The van der Waals surface area contributed by atoms with Gasteiger partial charge in [0.1, 0.15) is 0 Å². The third kappa shape index (κ3) is 4.81. The Balaban J connectivity index is 2.04. The Morgan fingerprint density at radius 3 is 2.61 bits per heavy atom. The summed E-state index contributed by atoms with van der Waals surface area (Å²) in [6.45, 7) is 2.15. The van der Waals surface area contributed by atoms with Gasteiger partial charge in [0.05, 0.1) is 12.1 Å². The standard InChI is InChI=1S/C18H24N2O2S/c1-14(17-11-7-13-23-17)20(2)18(22)19-16(10-6-12-21)15-8-4-3-5-9-15/h3-5,7-9,11,13-14,16,21H,6,10,12H2,1-2H3,(H,19,22). The molecule has 4 nitrogen and oxygen atoms in total. The van der Waals surface area contributed by atoms with Crippen LogP contribution in [0.2, 0.25) is 0 Å². The number of carbonyl (C=O) groups excluding carboxylic acids is 1. The molecule has 0 fully saturated rings. The molecule has 0 radical (unpaired) electrons. The molecule has 1 aromatic carbocycles. The first-order valence-electron chi connectivity index (χ1n) is 7.86. The molecule has 0 aliphatic rings. The minimum atomic E-state index is -0.0994. The Hall–Kier alpha value is -1.85. The van der Waals surface area contributed by atoms with E-state index in [1.54, 1.807) is 16.2 Å². The van der Waals surface area contributed by atoms with Crippen molar-refractivity contribution in [3.8, 4) is 0 Å². The summed E-state index contributed by atoms with van der Waals surface area (Å²) in [5.41, 5.74) is 1.06. The number of benzene rings is 1. The molecule has 124 valence electrons. The largest absolute Gasteiger partial charge is 0.396 e. The van der Waals surface area contributed by atoms with Gasteiger partial charge >= 0.3 is 6.03 Å². The average molecular weight is 332 g/mol. The van der Waals surface area contributed by atoms with Gasteiger partial charge in [-0.2, -0.15) is 0 Å². The zero-order chi connectivity index (χ0) is 16.7. The Kier molecular flexibility index (Phi) is 6.62. The SMILES string of the molecule is CC(c1cccs1)N(C)C(=O)NC(CCCO)c1ccccc1. The van der Waals surface area contributed by atoms with E-state index < -0.39 is 0 Å². The molecular weight excluding hydrogens is 308 g/mol. The summed E-state index contributed by atoms with van der Waals surface area (Å²) < 4.78 is 0. The second-order valence-corrected chi connectivity index (χ2v) is 6.56. The highest BCUT2D eigenvalue weighted by Crippen LogP contribution is 2.24. The lowest BCUT2D eigenvalue weighted by Gasteiger charge is -2.28. The highest BCUT2D eigenvalue weighted by molar-refractivity contribution is 7.10. The van der Waals surface area contributed by atoms with Gasteiger partial charge < -0.3 is 15.3 Å². The van der Waals surface area contributed by atoms with Crippen molar-refractivity contribution in [1.82, 2.24) is 10.2 Å². The minimum absolute atomic E-state index is 0.0317. The Morgan fingerprint density at radius 1 is 1.26 bits per heavy atom. The van der Waals surface area contributed by atoms with E-state index in [0.29, 0.717) is 12.8 Å². The highest BCUT2D eigenvalue weighted by atomic mass is 32.1. The number of thiophene rings is 1. The van der Waals surface area contributed by atoms with Crippen LogP contribution in [-0.4, -0.2) is 29.7 Å². The Bertz CT molecular complexity index is 586. The summed E-state index contributed by atoms with van der Waals surface area (Å²) in [6.07, 6.45) is 1.37. The third-order valence-corrected chi connectivity index (χ3v) is 5.05. The van der Waals surface area contributed by atoms with Crippen molar-refractivity contribution in [3.63, 3.8) is 0 Å². The molecular formula is C18H24N2O2S. The molecule has 2 unspecified atom stereocenters. The lowest BCUT2D eigenvalue weighted by Crippen LogP contribution is -2.40. The molecule has 0 saturated carbocycles. The second kappa shape index (κ2) is 8.70. The van der Waals surface area contributed by atoms with Crippen molar-refractivity contribution in [2.24, 2.45) is 0 Å². The van der Waals surface area contributed by atoms with E-state index in [0.717, 1.165) is 10.4 Å². The van der Waals surface area contributed by atoms with Crippen LogP contribution >= 0.6 is 11.3 Å². The van der Waals surface area contributed by atoms with Crippen LogP contribution in [0.25, 0.3) is 0 Å². The molecule has 0 bridgehead atoms. The predicted octanol–water partition coefficient (Wildman–Crippen LogP) is 3.96. The monoisotopic (exact) mass is 332 g/mol. The fourth-order valence-corrected chi connectivity index (χ4v) is 3.28. The first-order valence-corrected chi connectivity index (χ1v) is 8.74. The summed E-state index contributed by atoms with van der Waals surface area (Å²) in [6, 6.07) is 13.8. The zero-order valence-corrected chi connectivity index (χ0v) is 14.4. The maximum Gasteiger partial charge on any atom is 0.318 e. The highest BCUT2D eigenvalue weighted by Gasteiger charge is 2.21. The van der Waals surface area contributed by atoms with E-state index in [2.05, 4.69) is 5.32 Å². The molecule has 0 saturated heterocycles. The van der Waals surface area contributed by atoms with Crippen LogP contribution in [0.1, 0.15) is 42.3 Å². The van der Waals surface area contributed by atoms with E-state index in [9.17, 15) is 4.79 Å². The quantitative estimate of drug-likeness (QED) is 0.806. The molecule has 23 heavy (non-hydrogen) atoms. The van der Waals surface area contributed by atoms with E-state index in [-0.39, 0.29) is 24.7 Å². The van der Waals surface area contributed by atoms with E-state index >= 15 is 0 Å². The van der Waals surface area contributed by atoms with Crippen molar-refractivity contribution in [3.05, 3.63) is 58.3 Å². The van der Waals surface area contributed by atoms with Gasteiger partial charge in [-0.05, 0) is 36.8 Å². The zero-order valence-electron chi connectivity index (χ0n) is 13.6. The molecule has 2 aromatic rings. The molecule has 0 aliphatic carbocycles. The van der Waals surface area contributed by atoms with E-state index in [1.165, 1.54) is 0 Å². The van der Waals surface area contributed by atoms with Crippen LogP contribution in [0.3, 0.4) is 0 Å². The van der Waals surface area contributed by atoms with E-state index in [1.807, 2.05) is 61.8 Å². The summed E-state index contributed by atoms with van der Waals surface area (Å²) in [5, 5.41) is 14.2. The average Bonchev–Trinajstić information content (AvgIpc) is 3.12. The molecule has 2 rings (SSSR count). The summed E-state index contributed by atoms with van der Waals surface area (Å²) >= 11 is 1.65. The number of aliphatic hydroxyl groups is 1. The molecule has 2 N–H and O–H groups in total. The smallest absolute Gasteiger partial charge is 0.318 e. The number of aliphatic hydroxyl groups excluding tert-OH is 1. The normalized spacial score (nSPS) is 13.3. The van der Waals surface area contributed by atoms with Crippen LogP contribution in [-0.2, 0) is 0 Å². The number of nitrogens with zero attached hydrogens (tertiary/aromatic N) is 1. The van der Waals surface area contributed by atoms with Crippen LogP contribution in [0.4, 0.5) is 4.79 Å². The fraction of sp³-hybridized carbons (Fsp3) is 0.389. The first kappa shape index (κ1) is 17.5. The van der Waals surface area contributed by atoms with Gasteiger partial charge in [-0.1, -0.05) is 36.4 Å². The number of rotatable bonds is 7. The molecule has 1 aromatic heterocycles. The van der Waals surface area contributed by atoms with Gasteiger partial charge in [0, 0.05) is 18.5 Å². The Labute approximate surface area is 141 Å². The number of amides is 2. The third-order valence-electron chi connectivity index (χ3n) is 4.01. The van der Waals surface area contributed by atoms with Crippen LogP contribution in [0.5, 0.6) is 0 Å². The van der Waals surface area contributed by atoms with Crippen molar-refractivity contribution in [1.29, 1.82) is 0 Å². The first-order chi connectivity index (χ1) is 11.1. The Morgan fingerprint density at radius 2 is 2.00 bits per heavy atom. The van der Waals surface area contributed by atoms with Crippen molar-refractivity contribution >= 4 is 17.4 Å². The molecule has 5 heteroatoms. The number of nitrogens with one attached hydrogen (secondary N) is 1. The maximum atomic E-state index is 12.6. The molecule has 0 aliphatic heterocycles. The van der Waals surface area contributed by atoms with Crippen molar-refractivity contribution in [2.45, 2.75) is 31.8 Å².